The molecule has 11 heteroatoms. The van der Waals surface area contributed by atoms with Gasteiger partial charge in [-0.3, -0.25) is 23.9 Å². The first kappa shape index (κ1) is 20.8. The largest absolute Gasteiger partial charge is 0.391 e. The van der Waals surface area contributed by atoms with E-state index in [0.717, 1.165) is 36.2 Å². The Kier molecular flexibility index (Phi) is 4.37. The Morgan fingerprint density at radius 3 is 2.59 bits per heavy atom. The van der Waals surface area contributed by atoms with Crippen LogP contribution in [-0.4, -0.2) is 49.6 Å². The minimum Gasteiger partial charge on any atom is -0.391 e. The predicted octanol–water partition coefficient (Wildman–Crippen LogP) is 1.44. The lowest BCUT2D eigenvalue weighted by Crippen LogP contribution is -2.68. The maximum absolute atomic E-state index is 14.7. The lowest BCUT2D eigenvalue weighted by atomic mass is 9.50. The molecule has 34 heavy (non-hydrogen) atoms. The van der Waals surface area contributed by atoms with E-state index in [1.54, 1.807) is 0 Å². The van der Waals surface area contributed by atoms with E-state index >= 15 is 0 Å². The van der Waals surface area contributed by atoms with Gasteiger partial charge in [-0.25, -0.2) is 18.7 Å². The van der Waals surface area contributed by atoms with E-state index in [2.05, 4.69) is 15.3 Å². The first-order valence-electron chi connectivity index (χ1n) is 10.9. The molecule has 0 aromatic carbocycles. The molecule has 2 bridgehead atoms. The topological polar surface area (TPSA) is 117 Å². The van der Waals surface area contributed by atoms with Gasteiger partial charge in [0.05, 0.1) is 30.7 Å². The summed E-state index contributed by atoms with van der Waals surface area (Å²) in [6.07, 6.45) is 3.65. The number of nitrogens with zero attached hydrogens (tertiary/aromatic N) is 4. The summed E-state index contributed by atoms with van der Waals surface area (Å²) in [6.45, 7) is 0.0221. The summed E-state index contributed by atoms with van der Waals surface area (Å²) in [5.41, 5.74) is -1.17. The number of rotatable bonds is 4. The van der Waals surface area contributed by atoms with Gasteiger partial charge in [-0.05, 0) is 37.3 Å². The van der Waals surface area contributed by atoms with Gasteiger partial charge in [0.1, 0.15) is 17.2 Å². The van der Waals surface area contributed by atoms with Crippen molar-refractivity contribution in [3.8, 4) is 5.82 Å². The van der Waals surface area contributed by atoms with Gasteiger partial charge < -0.3 is 10.4 Å². The van der Waals surface area contributed by atoms with E-state index < -0.39 is 29.1 Å². The number of anilines is 1. The summed E-state index contributed by atoms with van der Waals surface area (Å²) in [6, 6.07) is 3.47. The highest BCUT2D eigenvalue weighted by molar-refractivity contribution is 5.99. The molecule has 3 aromatic rings. The zero-order chi connectivity index (χ0) is 23.8. The number of aliphatic hydroxyl groups excluding tert-OH is 1. The molecule has 3 aromatic heterocycles. The van der Waals surface area contributed by atoms with Crippen molar-refractivity contribution in [3.63, 3.8) is 0 Å². The minimum atomic E-state index is -1.02. The molecule has 1 aliphatic heterocycles. The first-order chi connectivity index (χ1) is 16.2. The fraction of sp³-hybridized carbons (Fsp3) is 0.348. The number of aliphatic hydroxyl groups is 1. The molecular weight excluding hydrogens is 448 g/mol. The number of carbonyl (C=O) groups excluding carboxylic acids is 2. The van der Waals surface area contributed by atoms with E-state index in [4.69, 9.17) is 0 Å². The van der Waals surface area contributed by atoms with E-state index in [1.165, 1.54) is 17.0 Å². The number of pyridine rings is 3. The normalized spacial score (nSPS) is 25.3. The number of amides is 2. The van der Waals surface area contributed by atoms with Crippen LogP contribution in [0.2, 0.25) is 0 Å². The average Bonchev–Trinajstić information content (AvgIpc) is 3.08. The molecule has 0 unspecified atom stereocenters. The van der Waals surface area contributed by atoms with E-state index in [1.807, 2.05) is 0 Å². The quantitative estimate of drug-likeness (QED) is 0.600. The lowest BCUT2D eigenvalue weighted by Gasteiger charge is -2.61. The molecule has 4 heterocycles. The molecule has 4 fully saturated rings. The number of hydrogen-bond donors (Lipinski definition) is 2. The molecule has 0 spiro atoms. The van der Waals surface area contributed by atoms with Crippen LogP contribution in [0.15, 0.2) is 35.4 Å². The highest BCUT2D eigenvalue weighted by Crippen LogP contribution is 2.56. The van der Waals surface area contributed by atoms with E-state index in [0.29, 0.717) is 12.0 Å². The summed E-state index contributed by atoms with van der Waals surface area (Å²) in [5, 5.41) is 12.7. The smallest absolute Gasteiger partial charge is 0.257 e. The Hall–Kier alpha value is -3.73. The Morgan fingerprint density at radius 1 is 1.21 bits per heavy atom. The third-order valence-electron chi connectivity index (χ3n) is 6.90. The molecule has 4 aliphatic rings. The molecule has 3 saturated carbocycles. The fourth-order valence-electron chi connectivity index (χ4n) is 5.10. The second-order valence-corrected chi connectivity index (χ2v) is 9.32. The zero-order valence-corrected chi connectivity index (χ0v) is 17.8. The molecule has 1 saturated heterocycles. The monoisotopic (exact) mass is 467 g/mol. The number of hydrogen-bond acceptors (Lipinski definition) is 6. The third-order valence-corrected chi connectivity index (χ3v) is 6.90. The summed E-state index contributed by atoms with van der Waals surface area (Å²) in [4.78, 5) is 47.9. The first-order valence-corrected chi connectivity index (χ1v) is 10.9. The fourth-order valence-corrected chi connectivity index (χ4v) is 5.10. The van der Waals surface area contributed by atoms with Crippen LogP contribution in [0.5, 0.6) is 0 Å². The molecule has 7 rings (SSSR count). The Morgan fingerprint density at radius 2 is 1.97 bits per heavy atom. The van der Waals surface area contributed by atoms with Crippen LogP contribution in [0.3, 0.4) is 0 Å². The van der Waals surface area contributed by atoms with Crippen LogP contribution >= 0.6 is 0 Å². The molecule has 174 valence electrons. The van der Waals surface area contributed by atoms with Crippen molar-refractivity contribution in [2.24, 2.45) is 5.92 Å². The second kappa shape index (κ2) is 7.13. The number of aromatic nitrogens is 3. The molecule has 1 atom stereocenters. The van der Waals surface area contributed by atoms with Gasteiger partial charge >= 0.3 is 0 Å². The Bertz CT molecular complexity index is 1440. The van der Waals surface area contributed by atoms with Crippen LogP contribution in [0, 0.1) is 17.6 Å². The van der Waals surface area contributed by atoms with E-state index in [9.17, 15) is 28.3 Å². The Labute approximate surface area is 191 Å². The maximum atomic E-state index is 14.7. The zero-order valence-electron chi connectivity index (χ0n) is 17.8. The third kappa shape index (κ3) is 3.11. The van der Waals surface area contributed by atoms with Crippen molar-refractivity contribution in [2.75, 3.05) is 11.4 Å². The van der Waals surface area contributed by atoms with Gasteiger partial charge in [0.25, 0.3) is 5.91 Å². The Balaban J connectivity index is 1.53. The lowest BCUT2D eigenvalue weighted by molar-refractivity contribution is -0.117. The molecule has 2 amide bonds. The van der Waals surface area contributed by atoms with Gasteiger partial charge in [0.15, 0.2) is 17.3 Å². The number of halogens is 2. The minimum absolute atomic E-state index is 0.00622. The van der Waals surface area contributed by atoms with Crippen LogP contribution in [-0.2, 0) is 4.79 Å². The summed E-state index contributed by atoms with van der Waals surface area (Å²) in [7, 11) is 0. The van der Waals surface area contributed by atoms with Crippen LogP contribution in [0.25, 0.3) is 16.9 Å². The van der Waals surface area contributed by atoms with Crippen LogP contribution in [0.4, 0.5) is 14.6 Å². The summed E-state index contributed by atoms with van der Waals surface area (Å²) < 4.78 is 29.4. The summed E-state index contributed by atoms with van der Waals surface area (Å²) >= 11 is 0. The van der Waals surface area contributed by atoms with Crippen molar-refractivity contribution in [2.45, 2.75) is 37.3 Å². The van der Waals surface area contributed by atoms with Crippen molar-refractivity contribution < 1.29 is 23.5 Å². The average molecular weight is 467 g/mol. The predicted molar refractivity (Wildman–Crippen MR) is 116 cm³/mol. The van der Waals surface area contributed by atoms with Gasteiger partial charge in [0.2, 0.25) is 11.3 Å². The van der Waals surface area contributed by atoms with Crippen molar-refractivity contribution in [1.29, 1.82) is 0 Å². The second-order valence-electron chi connectivity index (χ2n) is 9.32. The van der Waals surface area contributed by atoms with Crippen molar-refractivity contribution >= 4 is 28.7 Å². The number of fused-ring (bicyclic) bond motifs is 1. The molecular formula is C23H19F2N5O4. The summed E-state index contributed by atoms with van der Waals surface area (Å²) in [5.74, 6) is -2.44. The van der Waals surface area contributed by atoms with Gasteiger partial charge in [0, 0.05) is 17.8 Å². The number of β-amino-alcohol motifs (C(OH)–C–C–N with tert-alkyl or cyclic N) is 1. The molecule has 3 aliphatic carbocycles. The molecule has 9 nitrogen and oxygen atoms in total. The van der Waals surface area contributed by atoms with Gasteiger partial charge in [-0.1, -0.05) is 0 Å². The van der Waals surface area contributed by atoms with Crippen molar-refractivity contribution in [1.82, 2.24) is 19.9 Å². The van der Waals surface area contributed by atoms with Crippen LogP contribution < -0.4 is 15.6 Å². The van der Waals surface area contributed by atoms with Crippen molar-refractivity contribution in [3.05, 3.63) is 58.0 Å². The van der Waals surface area contributed by atoms with Gasteiger partial charge in [-0.2, -0.15) is 0 Å². The highest BCUT2D eigenvalue weighted by atomic mass is 19.1. The molecule has 2 N–H and O–H groups in total. The maximum Gasteiger partial charge on any atom is 0.257 e. The number of nitrogens with one attached hydrogen (secondary N) is 1. The van der Waals surface area contributed by atoms with Crippen LogP contribution in [0.1, 0.15) is 36.0 Å². The van der Waals surface area contributed by atoms with E-state index in [-0.39, 0.29) is 52.6 Å². The van der Waals surface area contributed by atoms with Gasteiger partial charge in [-0.15, -0.1) is 0 Å². The highest BCUT2D eigenvalue weighted by Gasteiger charge is 2.57. The standard InChI is InChI=1S/C23H19F2N5O4/c24-12-3-16(25)21(26-8-12)30-10-15(22(34)28-23-5-11(6-23)7-23)19(33)14-1-2-17(27-20(14)30)29-9-13(31)4-18(29)32/h1-3,8,10-11,13,31H,4-7,9H2,(H,28,34)/t11?,13-,23?/m0/s1. The SMILES string of the molecule is O=C(NC12CC(C1)C2)c1cn(-c2ncc(F)cc2F)c2nc(N3C[C@@H](O)CC3=O)ccc2c1=O. The number of carbonyl (C=O) groups is 2. The molecule has 0 radical (unpaired) electrons.